The maximum Gasteiger partial charge on any atom is 0.225 e. The van der Waals surface area contributed by atoms with Crippen LogP contribution in [-0.2, 0) is 4.79 Å². The van der Waals surface area contributed by atoms with Gasteiger partial charge in [-0.1, -0.05) is 12.1 Å². The molecule has 6 heteroatoms. The third-order valence-corrected chi connectivity index (χ3v) is 5.09. The monoisotopic (exact) mass is 357 g/mol. The number of carbonyl (C=O) groups excluding carboxylic acids is 1. The van der Waals surface area contributed by atoms with Gasteiger partial charge in [0.05, 0.1) is 24.8 Å². The Labute approximate surface area is 154 Å². The zero-order chi connectivity index (χ0) is 18.9. The van der Waals surface area contributed by atoms with Crippen molar-refractivity contribution in [3.05, 3.63) is 30.0 Å². The first-order chi connectivity index (χ1) is 12.3. The number of anilines is 1. The number of carbonyl (C=O) groups is 1. The van der Waals surface area contributed by atoms with Crippen molar-refractivity contribution in [2.24, 2.45) is 0 Å². The van der Waals surface area contributed by atoms with Gasteiger partial charge in [0.1, 0.15) is 11.3 Å². The molecule has 0 aliphatic carbocycles. The van der Waals surface area contributed by atoms with Crippen LogP contribution in [0.3, 0.4) is 0 Å². The number of pyridine rings is 1. The van der Waals surface area contributed by atoms with E-state index in [1.54, 1.807) is 21.2 Å². The third-order valence-electron chi connectivity index (χ3n) is 5.09. The Morgan fingerprint density at radius 1 is 1.42 bits per heavy atom. The molecular formula is C20H27N3O3. The van der Waals surface area contributed by atoms with Gasteiger partial charge in [-0.25, -0.2) is 0 Å². The second kappa shape index (κ2) is 7.11. The van der Waals surface area contributed by atoms with Crippen LogP contribution in [0.1, 0.15) is 24.8 Å². The number of aryl methyl sites for hydroxylation is 1. The van der Waals surface area contributed by atoms with Gasteiger partial charge in [-0.2, -0.15) is 0 Å². The van der Waals surface area contributed by atoms with E-state index < -0.39 is 5.60 Å². The number of β-amino-alcohol motifs (C(OH)–C–C–N with tert-alkyl or cyclic N) is 1. The lowest BCUT2D eigenvalue weighted by Gasteiger charge is -2.41. The second-order valence-electron chi connectivity index (χ2n) is 7.36. The minimum absolute atomic E-state index is 0.0488. The average molecular weight is 357 g/mol. The third kappa shape index (κ3) is 3.46. The van der Waals surface area contributed by atoms with Crippen LogP contribution in [0.15, 0.2) is 24.4 Å². The van der Waals surface area contributed by atoms with Crippen molar-refractivity contribution in [3.8, 4) is 5.75 Å². The van der Waals surface area contributed by atoms with Crippen molar-refractivity contribution in [2.75, 3.05) is 39.2 Å². The molecule has 0 saturated carbocycles. The molecular weight excluding hydrogens is 330 g/mol. The van der Waals surface area contributed by atoms with Gasteiger partial charge in [-0.05, 0) is 31.4 Å². The summed E-state index contributed by atoms with van der Waals surface area (Å²) >= 11 is 0. The Hall–Kier alpha value is -2.34. The molecule has 1 aliphatic rings. The topological polar surface area (TPSA) is 65.9 Å². The number of ether oxygens (including phenoxy) is 1. The molecule has 1 aromatic carbocycles. The van der Waals surface area contributed by atoms with Gasteiger partial charge in [0, 0.05) is 38.8 Å². The summed E-state index contributed by atoms with van der Waals surface area (Å²) in [5.74, 6) is 0.686. The fraction of sp³-hybridized carbons (Fsp3) is 0.500. The number of para-hydroxylation sites is 1. The molecule has 0 bridgehead atoms. The van der Waals surface area contributed by atoms with Crippen LogP contribution < -0.4 is 9.64 Å². The molecule has 3 rings (SSSR count). The minimum atomic E-state index is -1.01. The summed E-state index contributed by atoms with van der Waals surface area (Å²) in [7, 11) is 5.08. The lowest BCUT2D eigenvalue weighted by atomic mass is 9.88. The first kappa shape index (κ1) is 18.5. The number of hydrogen-bond acceptors (Lipinski definition) is 5. The quantitative estimate of drug-likeness (QED) is 0.910. The van der Waals surface area contributed by atoms with Crippen molar-refractivity contribution in [2.45, 2.75) is 31.8 Å². The number of rotatable bonds is 4. The maximum absolute atomic E-state index is 12.1. The Bertz CT molecular complexity index is 821. The van der Waals surface area contributed by atoms with Crippen LogP contribution in [0, 0.1) is 6.92 Å². The molecule has 1 atom stereocenters. The maximum atomic E-state index is 12.1. The summed E-state index contributed by atoms with van der Waals surface area (Å²) in [6.07, 6.45) is 3.46. The van der Waals surface area contributed by atoms with E-state index in [1.165, 1.54) is 4.90 Å². The van der Waals surface area contributed by atoms with E-state index in [0.29, 0.717) is 13.0 Å². The first-order valence-corrected chi connectivity index (χ1v) is 8.94. The Morgan fingerprint density at radius 3 is 2.88 bits per heavy atom. The Kier molecular flexibility index (Phi) is 5.05. The lowest BCUT2D eigenvalue weighted by molar-refractivity contribution is -0.134. The summed E-state index contributed by atoms with van der Waals surface area (Å²) in [4.78, 5) is 20.4. The highest BCUT2D eigenvalue weighted by molar-refractivity contribution is 5.96. The van der Waals surface area contributed by atoms with Crippen molar-refractivity contribution in [1.82, 2.24) is 9.88 Å². The summed E-state index contributed by atoms with van der Waals surface area (Å²) in [5, 5.41) is 12.1. The zero-order valence-electron chi connectivity index (χ0n) is 16.0. The fourth-order valence-electron chi connectivity index (χ4n) is 3.75. The summed E-state index contributed by atoms with van der Waals surface area (Å²) in [6.45, 7) is 3.30. The molecule has 1 N–H and O–H groups in total. The number of benzene rings is 1. The number of nitrogens with zero attached hydrogens (tertiary/aromatic N) is 3. The van der Waals surface area contributed by atoms with E-state index in [-0.39, 0.29) is 12.3 Å². The van der Waals surface area contributed by atoms with Gasteiger partial charge in [0.2, 0.25) is 5.91 Å². The second-order valence-corrected chi connectivity index (χ2v) is 7.36. The van der Waals surface area contributed by atoms with Crippen LogP contribution in [0.25, 0.3) is 10.9 Å². The fourth-order valence-corrected chi connectivity index (χ4v) is 3.75. The van der Waals surface area contributed by atoms with E-state index in [9.17, 15) is 9.90 Å². The van der Waals surface area contributed by atoms with Crippen molar-refractivity contribution in [1.29, 1.82) is 0 Å². The van der Waals surface area contributed by atoms with Crippen LogP contribution in [0.5, 0.6) is 5.75 Å². The van der Waals surface area contributed by atoms with E-state index in [2.05, 4.69) is 9.88 Å². The molecule has 6 nitrogen and oxygen atoms in total. The van der Waals surface area contributed by atoms with Crippen molar-refractivity contribution in [3.63, 3.8) is 0 Å². The highest BCUT2D eigenvalue weighted by atomic mass is 16.5. The molecule has 1 fully saturated rings. The molecule has 1 unspecified atom stereocenters. The number of aliphatic hydroxyl groups is 1. The number of aromatic nitrogens is 1. The first-order valence-electron chi connectivity index (χ1n) is 8.94. The Morgan fingerprint density at radius 2 is 2.19 bits per heavy atom. The van der Waals surface area contributed by atoms with E-state index in [1.807, 2.05) is 31.3 Å². The SMILES string of the molecule is COc1cccc2c(N3CCCC(O)(CC(=O)N(C)C)C3)c(C)cnc12. The Balaban J connectivity index is 1.98. The highest BCUT2D eigenvalue weighted by Crippen LogP contribution is 2.37. The minimum Gasteiger partial charge on any atom is -0.494 e. The molecule has 0 spiro atoms. The number of methoxy groups -OCH3 is 1. The molecule has 1 amide bonds. The summed E-state index contributed by atoms with van der Waals surface area (Å²) < 4.78 is 5.45. The number of hydrogen-bond donors (Lipinski definition) is 1. The molecule has 140 valence electrons. The molecule has 1 aromatic heterocycles. The predicted molar refractivity (Wildman–Crippen MR) is 103 cm³/mol. The van der Waals surface area contributed by atoms with Crippen LogP contribution in [0.2, 0.25) is 0 Å². The predicted octanol–water partition coefficient (Wildman–Crippen LogP) is 2.36. The van der Waals surface area contributed by atoms with Gasteiger partial charge >= 0.3 is 0 Å². The zero-order valence-corrected chi connectivity index (χ0v) is 16.0. The lowest BCUT2D eigenvalue weighted by Crippen LogP contribution is -2.50. The molecule has 26 heavy (non-hydrogen) atoms. The number of fused-ring (bicyclic) bond motifs is 1. The van der Waals surface area contributed by atoms with Crippen molar-refractivity contribution >= 4 is 22.5 Å². The average Bonchev–Trinajstić information content (AvgIpc) is 2.60. The molecule has 1 aliphatic heterocycles. The van der Waals surface area contributed by atoms with E-state index >= 15 is 0 Å². The standard InChI is InChI=1S/C20H27N3O3/c1-14-12-21-18-15(7-5-8-16(18)26-4)19(14)23-10-6-9-20(25,13-23)11-17(24)22(2)3/h5,7-8,12,25H,6,9-11,13H2,1-4H3. The van der Waals surface area contributed by atoms with Gasteiger partial charge in [0.15, 0.2) is 0 Å². The van der Waals surface area contributed by atoms with Gasteiger partial charge in [-0.15, -0.1) is 0 Å². The number of piperidine rings is 1. The molecule has 1 saturated heterocycles. The van der Waals surface area contributed by atoms with E-state index in [4.69, 9.17) is 4.74 Å². The normalized spacial score (nSPS) is 20.3. The smallest absolute Gasteiger partial charge is 0.225 e. The number of amides is 1. The highest BCUT2D eigenvalue weighted by Gasteiger charge is 2.36. The van der Waals surface area contributed by atoms with Crippen molar-refractivity contribution < 1.29 is 14.6 Å². The van der Waals surface area contributed by atoms with Crippen LogP contribution >= 0.6 is 0 Å². The largest absolute Gasteiger partial charge is 0.494 e. The molecule has 2 aromatic rings. The van der Waals surface area contributed by atoms with Gasteiger partial charge in [-0.3, -0.25) is 9.78 Å². The summed E-state index contributed by atoms with van der Waals surface area (Å²) in [6, 6.07) is 5.89. The molecule has 0 radical (unpaired) electrons. The van der Waals surface area contributed by atoms with Gasteiger partial charge in [0.25, 0.3) is 0 Å². The van der Waals surface area contributed by atoms with E-state index in [0.717, 1.165) is 40.9 Å². The molecule has 2 heterocycles. The van der Waals surface area contributed by atoms with Crippen LogP contribution in [0.4, 0.5) is 5.69 Å². The van der Waals surface area contributed by atoms with Gasteiger partial charge < -0.3 is 19.6 Å². The van der Waals surface area contributed by atoms with Crippen LogP contribution in [-0.4, -0.2) is 60.8 Å². The summed E-state index contributed by atoms with van der Waals surface area (Å²) in [5.41, 5.74) is 1.91.